The number of nitrogens with zero attached hydrogens (tertiary/aromatic N) is 5. The van der Waals surface area contributed by atoms with Crippen LogP contribution in [0.2, 0.25) is 0 Å². The average molecular weight is 411 g/mol. The Hall–Kier alpha value is -3.82. The number of aliphatic imine (C=N–C) groups is 2. The van der Waals surface area contributed by atoms with Crippen LogP contribution in [0.25, 0.3) is 5.57 Å². The summed E-state index contributed by atoms with van der Waals surface area (Å²) < 4.78 is 1.89. The number of allylic oxidation sites excluding steroid dienone is 6. The van der Waals surface area contributed by atoms with E-state index in [1.54, 1.807) is 12.4 Å². The van der Waals surface area contributed by atoms with Crippen molar-refractivity contribution in [3.63, 3.8) is 0 Å². The van der Waals surface area contributed by atoms with Crippen LogP contribution in [0.15, 0.2) is 82.7 Å². The lowest BCUT2D eigenvalue weighted by atomic mass is 10.0. The molecule has 0 bridgehead atoms. The lowest BCUT2D eigenvalue weighted by Gasteiger charge is -2.09. The molecule has 1 heterocycles. The van der Waals surface area contributed by atoms with Gasteiger partial charge in [-0.25, -0.2) is 0 Å². The van der Waals surface area contributed by atoms with Crippen LogP contribution in [0.3, 0.4) is 0 Å². The van der Waals surface area contributed by atoms with Crippen molar-refractivity contribution in [2.75, 3.05) is 6.54 Å². The van der Waals surface area contributed by atoms with Gasteiger partial charge in [0.05, 0.1) is 30.9 Å². The third kappa shape index (κ3) is 6.33. The average Bonchev–Trinajstić information content (AvgIpc) is 3.07. The predicted molar refractivity (Wildman–Crippen MR) is 127 cm³/mol. The van der Waals surface area contributed by atoms with Crippen LogP contribution >= 0.6 is 0 Å². The molecule has 0 aliphatic heterocycles. The smallest absolute Gasteiger partial charge is 0.0991 e. The lowest BCUT2D eigenvalue weighted by Crippen LogP contribution is -2.04. The zero-order valence-corrected chi connectivity index (χ0v) is 17.5. The molecule has 1 aliphatic carbocycles. The molecule has 1 aromatic heterocycles. The third-order valence-electron chi connectivity index (χ3n) is 4.82. The third-order valence-corrected chi connectivity index (χ3v) is 4.82. The minimum absolute atomic E-state index is 0.493. The number of hydrogen-bond acceptors (Lipinski definition) is 5. The van der Waals surface area contributed by atoms with Gasteiger partial charge in [-0.1, -0.05) is 36.4 Å². The molecule has 31 heavy (non-hydrogen) atoms. The highest BCUT2D eigenvalue weighted by molar-refractivity contribution is 5.78. The van der Waals surface area contributed by atoms with Crippen molar-refractivity contribution in [3.8, 4) is 6.07 Å². The Morgan fingerprint density at radius 3 is 3.03 bits per heavy atom. The first-order chi connectivity index (χ1) is 15.2. The summed E-state index contributed by atoms with van der Waals surface area (Å²) in [5.74, 6) is 0. The van der Waals surface area contributed by atoms with E-state index in [1.165, 1.54) is 0 Å². The molecular formula is C25H26N6. The van der Waals surface area contributed by atoms with Crippen molar-refractivity contribution in [2.24, 2.45) is 15.7 Å². The highest BCUT2D eigenvalue weighted by Crippen LogP contribution is 2.20. The van der Waals surface area contributed by atoms with Gasteiger partial charge in [0.25, 0.3) is 0 Å². The number of aromatic nitrogens is 2. The number of nitriles is 1. The fourth-order valence-electron chi connectivity index (χ4n) is 3.25. The van der Waals surface area contributed by atoms with Gasteiger partial charge in [-0.2, -0.15) is 10.4 Å². The fourth-order valence-corrected chi connectivity index (χ4v) is 3.25. The maximum Gasteiger partial charge on any atom is 0.0991 e. The van der Waals surface area contributed by atoms with E-state index in [-0.39, 0.29) is 0 Å². The fraction of sp³-hybridized carbons (Fsp3) is 0.200. The quantitative estimate of drug-likeness (QED) is 0.628. The van der Waals surface area contributed by atoms with Crippen LogP contribution in [-0.2, 0) is 13.1 Å². The van der Waals surface area contributed by atoms with Gasteiger partial charge in [0.2, 0.25) is 0 Å². The topological polar surface area (TPSA) is 92.3 Å². The molecule has 0 saturated heterocycles. The zero-order valence-electron chi connectivity index (χ0n) is 17.5. The number of hydrogen-bond donors (Lipinski definition) is 1. The van der Waals surface area contributed by atoms with E-state index in [0.717, 1.165) is 34.3 Å². The van der Waals surface area contributed by atoms with Gasteiger partial charge in [0.1, 0.15) is 0 Å². The highest BCUT2D eigenvalue weighted by atomic mass is 15.3. The van der Waals surface area contributed by atoms with Crippen molar-refractivity contribution in [1.29, 1.82) is 5.26 Å². The van der Waals surface area contributed by atoms with Gasteiger partial charge >= 0.3 is 0 Å². The van der Waals surface area contributed by atoms with Crippen LogP contribution in [0.5, 0.6) is 0 Å². The maximum atomic E-state index is 9.33. The molecule has 3 rings (SSSR count). The standard InChI is InChI=1S/C25H26N6/c1-28-14-21(10-11-26)15-29-16-23-9-8-20(13-27)12-24(23)18-31-19-25(17-30-31)22-6-4-2-3-5-7-22/h2,4-9,12,14-15,17,19H,1,3,10-11,16,18,26H2/b21-14-,29-15?. The van der Waals surface area contributed by atoms with E-state index in [2.05, 4.69) is 58.3 Å². The summed E-state index contributed by atoms with van der Waals surface area (Å²) in [5, 5.41) is 13.9. The summed E-state index contributed by atoms with van der Waals surface area (Å²) >= 11 is 0. The minimum atomic E-state index is 0.493. The Bertz CT molecular complexity index is 1110. The van der Waals surface area contributed by atoms with E-state index in [4.69, 9.17) is 5.73 Å². The molecule has 0 amide bonds. The highest BCUT2D eigenvalue weighted by Gasteiger charge is 2.08. The Morgan fingerprint density at radius 1 is 1.32 bits per heavy atom. The first-order valence-corrected chi connectivity index (χ1v) is 10.2. The first kappa shape index (κ1) is 21.9. The van der Waals surface area contributed by atoms with Gasteiger partial charge in [0, 0.05) is 24.2 Å². The van der Waals surface area contributed by atoms with Crippen molar-refractivity contribution in [1.82, 2.24) is 9.78 Å². The van der Waals surface area contributed by atoms with E-state index >= 15 is 0 Å². The molecule has 2 aromatic rings. The van der Waals surface area contributed by atoms with Gasteiger partial charge in [-0.05, 0) is 60.5 Å². The normalized spacial score (nSPS) is 13.8. The molecule has 0 spiro atoms. The van der Waals surface area contributed by atoms with Crippen LogP contribution in [0.4, 0.5) is 0 Å². The second-order valence-electron chi connectivity index (χ2n) is 7.11. The summed E-state index contributed by atoms with van der Waals surface area (Å²) in [6, 6.07) is 7.89. The maximum absolute atomic E-state index is 9.33. The first-order valence-electron chi connectivity index (χ1n) is 10.2. The molecule has 6 heteroatoms. The predicted octanol–water partition coefficient (Wildman–Crippen LogP) is 4.21. The van der Waals surface area contributed by atoms with Crippen LogP contribution < -0.4 is 5.73 Å². The van der Waals surface area contributed by atoms with Crippen molar-refractivity contribution >= 4 is 18.5 Å². The van der Waals surface area contributed by atoms with E-state index < -0.39 is 0 Å². The Morgan fingerprint density at radius 2 is 2.23 bits per heavy atom. The lowest BCUT2D eigenvalue weighted by molar-refractivity contribution is 0.681. The Kier molecular flexibility index (Phi) is 8.04. The van der Waals surface area contributed by atoms with E-state index in [9.17, 15) is 5.26 Å². The SMILES string of the molecule is C=N/C=C(\C=NCc1ccc(C#N)cc1Cn1cc(C2=CC=CCC=C2)cn1)CCN. The summed E-state index contributed by atoms with van der Waals surface area (Å²) in [6.07, 6.45) is 19.5. The van der Waals surface area contributed by atoms with Gasteiger partial charge in [-0.3, -0.25) is 14.7 Å². The largest absolute Gasteiger partial charge is 0.330 e. The van der Waals surface area contributed by atoms with E-state index in [0.29, 0.717) is 31.6 Å². The molecule has 0 saturated carbocycles. The van der Waals surface area contributed by atoms with E-state index in [1.807, 2.05) is 35.3 Å². The molecular weight excluding hydrogens is 384 g/mol. The van der Waals surface area contributed by atoms with Gasteiger partial charge < -0.3 is 5.73 Å². The van der Waals surface area contributed by atoms with Gasteiger partial charge in [-0.15, -0.1) is 0 Å². The van der Waals surface area contributed by atoms with Crippen LogP contribution in [-0.4, -0.2) is 29.3 Å². The molecule has 1 aromatic carbocycles. The number of benzene rings is 1. The van der Waals surface area contributed by atoms with Crippen molar-refractivity contribution < 1.29 is 0 Å². The molecule has 0 unspecified atom stereocenters. The zero-order chi connectivity index (χ0) is 21.9. The minimum Gasteiger partial charge on any atom is -0.330 e. The van der Waals surface area contributed by atoms with Gasteiger partial charge in [0.15, 0.2) is 0 Å². The van der Waals surface area contributed by atoms with Crippen LogP contribution in [0.1, 0.15) is 35.1 Å². The molecule has 1 aliphatic rings. The van der Waals surface area contributed by atoms with Crippen molar-refractivity contribution in [3.05, 3.63) is 95.0 Å². The number of nitrogens with two attached hydrogens (primary N) is 1. The van der Waals surface area contributed by atoms with Crippen molar-refractivity contribution in [2.45, 2.75) is 25.9 Å². The van der Waals surface area contributed by atoms with Crippen LogP contribution in [0, 0.1) is 11.3 Å². The Balaban J connectivity index is 1.80. The monoisotopic (exact) mass is 410 g/mol. The molecule has 0 radical (unpaired) electrons. The molecule has 156 valence electrons. The second-order valence-corrected chi connectivity index (χ2v) is 7.11. The summed E-state index contributed by atoms with van der Waals surface area (Å²) in [7, 11) is 0. The molecule has 0 fully saturated rings. The molecule has 6 nitrogen and oxygen atoms in total. The summed E-state index contributed by atoms with van der Waals surface area (Å²) in [4.78, 5) is 8.35. The number of rotatable bonds is 9. The second kappa shape index (κ2) is 11.4. The Labute approximate surface area is 183 Å². The molecule has 0 atom stereocenters. The summed E-state index contributed by atoms with van der Waals surface area (Å²) in [6.45, 7) is 5.07. The molecule has 2 N–H and O–H groups in total. The summed E-state index contributed by atoms with van der Waals surface area (Å²) in [5.41, 5.74) is 11.4.